The molecule has 1 aliphatic rings. The summed E-state index contributed by atoms with van der Waals surface area (Å²) in [7, 11) is 0. The fraction of sp³-hybridized carbons (Fsp3) is 0.462. The lowest BCUT2D eigenvalue weighted by molar-refractivity contribution is -0.144. The number of ether oxygens (including phenoxy) is 1. The Labute approximate surface area is 99.8 Å². The highest BCUT2D eigenvalue weighted by atomic mass is 16.5. The summed E-state index contributed by atoms with van der Waals surface area (Å²) in [4.78, 5) is 11.4. The van der Waals surface area contributed by atoms with E-state index in [0.29, 0.717) is 18.6 Å². The molecule has 1 aromatic carbocycles. The molecule has 0 aliphatic carbocycles. The van der Waals surface area contributed by atoms with E-state index in [-0.39, 0.29) is 11.5 Å². The van der Waals surface area contributed by atoms with Crippen molar-refractivity contribution in [2.24, 2.45) is 0 Å². The van der Waals surface area contributed by atoms with E-state index < -0.39 is 11.7 Å². The number of aryl methyl sites for hydroxylation is 1. The Bertz CT molecular complexity index is 451. The molecule has 0 saturated carbocycles. The molecule has 0 bridgehead atoms. The van der Waals surface area contributed by atoms with Crippen molar-refractivity contribution in [3.8, 4) is 11.5 Å². The van der Waals surface area contributed by atoms with E-state index in [0.717, 1.165) is 5.56 Å². The molecule has 0 aromatic heterocycles. The third kappa shape index (κ3) is 2.13. The van der Waals surface area contributed by atoms with Crippen molar-refractivity contribution in [3.05, 3.63) is 23.8 Å². The smallest absolute Gasteiger partial charge is 0.164 e. The summed E-state index contributed by atoms with van der Waals surface area (Å²) < 4.78 is 5.63. The number of phenols is 1. The molecule has 0 unspecified atom stereocenters. The van der Waals surface area contributed by atoms with Crippen LogP contribution in [0.1, 0.15) is 25.8 Å². The van der Waals surface area contributed by atoms with Crippen molar-refractivity contribution in [2.45, 2.75) is 38.4 Å². The molecule has 92 valence electrons. The Morgan fingerprint density at radius 2 is 2.24 bits per heavy atom. The minimum Gasteiger partial charge on any atom is -0.508 e. The average molecular weight is 236 g/mol. The highest BCUT2D eigenvalue weighted by molar-refractivity contribution is 5.85. The largest absolute Gasteiger partial charge is 0.508 e. The van der Waals surface area contributed by atoms with Gasteiger partial charge in [-0.15, -0.1) is 0 Å². The first kappa shape index (κ1) is 11.9. The number of hydrogen-bond acceptors (Lipinski definition) is 4. The predicted molar refractivity (Wildman–Crippen MR) is 62.1 cm³/mol. The quantitative estimate of drug-likeness (QED) is 0.815. The lowest BCUT2D eigenvalue weighted by atomic mass is 9.88. The second-order valence-corrected chi connectivity index (χ2v) is 4.64. The van der Waals surface area contributed by atoms with Crippen LogP contribution in [0.5, 0.6) is 11.5 Å². The van der Waals surface area contributed by atoms with Crippen molar-refractivity contribution in [1.82, 2.24) is 0 Å². The molecule has 0 fully saturated rings. The first-order valence-electron chi connectivity index (χ1n) is 5.63. The van der Waals surface area contributed by atoms with E-state index in [2.05, 4.69) is 0 Å². The summed E-state index contributed by atoms with van der Waals surface area (Å²) in [6.45, 7) is 2.83. The SMILES string of the molecule is CC(=O)[C@@](C)(O)[C@H]1CCc2cc(O)ccc2O1. The number of aromatic hydroxyl groups is 1. The molecule has 1 heterocycles. The van der Waals surface area contributed by atoms with Gasteiger partial charge in [-0.3, -0.25) is 4.79 Å². The number of Topliss-reactive ketones (excluding diaryl/α,β-unsaturated/α-hetero) is 1. The van der Waals surface area contributed by atoms with Gasteiger partial charge in [-0.2, -0.15) is 0 Å². The molecule has 0 saturated heterocycles. The average Bonchev–Trinajstić information content (AvgIpc) is 2.28. The van der Waals surface area contributed by atoms with Gasteiger partial charge in [-0.05, 0) is 50.5 Å². The number of benzene rings is 1. The van der Waals surface area contributed by atoms with Crippen LogP contribution in [-0.2, 0) is 11.2 Å². The van der Waals surface area contributed by atoms with E-state index >= 15 is 0 Å². The highest BCUT2D eigenvalue weighted by Gasteiger charge is 2.40. The van der Waals surface area contributed by atoms with Gasteiger partial charge in [-0.1, -0.05) is 0 Å². The first-order chi connectivity index (χ1) is 7.91. The zero-order valence-electron chi connectivity index (χ0n) is 9.93. The Morgan fingerprint density at radius 3 is 2.88 bits per heavy atom. The molecular weight excluding hydrogens is 220 g/mol. The van der Waals surface area contributed by atoms with Crippen molar-refractivity contribution in [2.75, 3.05) is 0 Å². The summed E-state index contributed by atoms with van der Waals surface area (Å²) in [5.74, 6) is 0.523. The molecule has 0 amide bonds. The Balaban J connectivity index is 2.25. The van der Waals surface area contributed by atoms with Crippen LogP contribution in [0.15, 0.2) is 18.2 Å². The van der Waals surface area contributed by atoms with Gasteiger partial charge in [0.25, 0.3) is 0 Å². The number of carbonyl (C=O) groups excluding carboxylic acids is 1. The summed E-state index contributed by atoms with van der Waals surface area (Å²) in [6, 6.07) is 4.84. The molecule has 4 heteroatoms. The highest BCUT2D eigenvalue weighted by Crippen LogP contribution is 2.33. The van der Waals surface area contributed by atoms with Crippen molar-refractivity contribution in [3.63, 3.8) is 0 Å². The number of ketones is 1. The fourth-order valence-corrected chi connectivity index (χ4v) is 2.00. The van der Waals surface area contributed by atoms with Crippen LogP contribution in [0.3, 0.4) is 0 Å². The predicted octanol–water partition coefficient (Wildman–Crippen LogP) is 1.43. The van der Waals surface area contributed by atoms with Gasteiger partial charge < -0.3 is 14.9 Å². The van der Waals surface area contributed by atoms with Crippen LogP contribution in [0.25, 0.3) is 0 Å². The van der Waals surface area contributed by atoms with Gasteiger partial charge in [0.2, 0.25) is 0 Å². The van der Waals surface area contributed by atoms with Gasteiger partial charge in [0.15, 0.2) is 11.4 Å². The normalized spacial score (nSPS) is 22.2. The van der Waals surface area contributed by atoms with Crippen LogP contribution in [0.2, 0.25) is 0 Å². The number of aliphatic hydroxyl groups is 1. The van der Waals surface area contributed by atoms with E-state index in [9.17, 15) is 15.0 Å². The summed E-state index contributed by atoms with van der Waals surface area (Å²) >= 11 is 0. The topological polar surface area (TPSA) is 66.8 Å². The summed E-state index contributed by atoms with van der Waals surface area (Å²) in [5, 5.41) is 19.4. The van der Waals surface area contributed by atoms with E-state index in [1.165, 1.54) is 19.9 Å². The molecular formula is C13H16O4. The molecule has 2 N–H and O–H groups in total. The molecule has 2 atom stereocenters. The van der Waals surface area contributed by atoms with E-state index in [1.807, 2.05) is 0 Å². The summed E-state index contributed by atoms with van der Waals surface area (Å²) in [6.07, 6.45) is 0.706. The maximum absolute atomic E-state index is 11.4. The zero-order chi connectivity index (χ0) is 12.6. The third-order valence-electron chi connectivity index (χ3n) is 3.33. The molecule has 0 spiro atoms. The molecule has 1 aliphatic heterocycles. The van der Waals surface area contributed by atoms with Gasteiger partial charge in [0.1, 0.15) is 17.6 Å². The van der Waals surface area contributed by atoms with Crippen LogP contribution in [0.4, 0.5) is 0 Å². The fourth-order valence-electron chi connectivity index (χ4n) is 2.00. The van der Waals surface area contributed by atoms with Gasteiger partial charge >= 0.3 is 0 Å². The molecule has 4 nitrogen and oxygen atoms in total. The van der Waals surface area contributed by atoms with Crippen molar-refractivity contribution in [1.29, 1.82) is 0 Å². The van der Waals surface area contributed by atoms with Crippen molar-refractivity contribution >= 4 is 5.78 Å². The molecule has 1 aromatic rings. The van der Waals surface area contributed by atoms with Crippen LogP contribution < -0.4 is 4.74 Å². The van der Waals surface area contributed by atoms with E-state index in [4.69, 9.17) is 4.74 Å². The van der Waals surface area contributed by atoms with Gasteiger partial charge in [-0.25, -0.2) is 0 Å². The molecule has 17 heavy (non-hydrogen) atoms. The molecule has 2 rings (SSSR count). The van der Waals surface area contributed by atoms with Crippen LogP contribution in [0, 0.1) is 0 Å². The second-order valence-electron chi connectivity index (χ2n) is 4.64. The van der Waals surface area contributed by atoms with Crippen LogP contribution in [-0.4, -0.2) is 27.7 Å². The van der Waals surface area contributed by atoms with Gasteiger partial charge in [0.05, 0.1) is 0 Å². The Hall–Kier alpha value is -1.55. The number of carbonyl (C=O) groups is 1. The number of fused-ring (bicyclic) bond motifs is 1. The monoisotopic (exact) mass is 236 g/mol. The standard InChI is InChI=1S/C13H16O4/c1-8(14)13(2,16)12-6-3-9-7-10(15)4-5-11(9)17-12/h4-5,7,12,15-16H,3,6H2,1-2H3/t12-,13-/m1/s1. The first-order valence-corrected chi connectivity index (χ1v) is 5.63. The van der Waals surface area contributed by atoms with E-state index in [1.54, 1.807) is 12.1 Å². The minimum atomic E-state index is -1.46. The Kier molecular flexibility index (Phi) is 2.83. The lowest BCUT2D eigenvalue weighted by Crippen LogP contribution is -2.50. The maximum Gasteiger partial charge on any atom is 0.164 e. The van der Waals surface area contributed by atoms with Crippen LogP contribution >= 0.6 is 0 Å². The number of hydrogen-bond donors (Lipinski definition) is 2. The van der Waals surface area contributed by atoms with Crippen molar-refractivity contribution < 1.29 is 19.7 Å². The number of rotatable bonds is 2. The molecule has 0 radical (unpaired) electrons. The second kappa shape index (κ2) is 4.04. The third-order valence-corrected chi connectivity index (χ3v) is 3.33. The summed E-state index contributed by atoms with van der Waals surface area (Å²) in [5.41, 5.74) is -0.559. The minimum absolute atomic E-state index is 0.198. The van der Waals surface area contributed by atoms with Gasteiger partial charge in [0, 0.05) is 0 Å². The zero-order valence-corrected chi connectivity index (χ0v) is 9.93. The maximum atomic E-state index is 11.4. The number of phenolic OH excluding ortho intramolecular Hbond substituents is 1. The Morgan fingerprint density at radius 1 is 1.53 bits per heavy atom. The lowest BCUT2D eigenvalue weighted by Gasteiger charge is -2.34.